The zero-order valence-electron chi connectivity index (χ0n) is 12.1. The largest absolute Gasteiger partial charge is 0.401 e. The molecule has 1 fully saturated rings. The minimum atomic E-state index is -4.14. The molecule has 0 bridgehead atoms. The molecule has 124 valence electrons. The summed E-state index contributed by atoms with van der Waals surface area (Å²) in [6, 6.07) is 0. The van der Waals surface area contributed by atoms with Crippen molar-refractivity contribution < 1.29 is 18.1 Å². The number of nitro groups is 1. The van der Waals surface area contributed by atoms with E-state index < -0.39 is 12.7 Å². The van der Waals surface area contributed by atoms with Crippen LogP contribution in [-0.2, 0) is 0 Å². The van der Waals surface area contributed by atoms with Crippen LogP contribution < -0.4 is 5.32 Å². The molecule has 0 atom stereocenters. The molecule has 0 saturated carbocycles. The molecule has 0 amide bonds. The van der Waals surface area contributed by atoms with Gasteiger partial charge in [0.1, 0.15) is 0 Å². The van der Waals surface area contributed by atoms with E-state index in [1.807, 2.05) is 0 Å². The molecule has 1 rings (SSSR count). The normalized spacial score (nSPS) is 18.0. The molecule has 0 radical (unpaired) electrons. The third kappa shape index (κ3) is 9.59. The maximum absolute atomic E-state index is 11.9. The number of nitrogens with zero attached hydrogens (tertiary/aromatic N) is 3. The third-order valence-corrected chi connectivity index (χ3v) is 3.47. The van der Waals surface area contributed by atoms with Crippen molar-refractivity contribution in [2.75, 3.05) is 58.9 Å². The van der Waals surface area contributed by atoms with Crippen molar-refractivity contribution in [1.29, 1.82) is 0 Å². The maximum Gasteiger partial charge on any atom is 0.401 e. The molecule has 0 aromatic heterocycles. The maximum atomic E-state index is 11.9. The van der Waals surface area contributed by atoms with Crippen LogP contribution in [-0.4, -0.2) is 79.8 Å². The van der Waals surface area contributed by atoms with E-state index >= 15 is 0 Å². The predicted molar refractivity (Wildman–Crippen MR) is 72.9 cm³/mol. The van der Waals surface area contributed by atoms with E-state index in [9.17, 15) is 23.3 Å². The van der Waals surface area contributed by atoms with Crippen LogP contribution in [0.2, 0.25) is 0 Å². The Morgan fingerprint density at radius 3 is 2.14 bits per heavy atom. The van der Waals surface area contributed by atoms with E-state index in [0.29, 0.717) is 13.1 Å². The van der Waals surface area contributed by atoms with Gasteiger partial charge in [-0.25, -0.2) is 0 Å². The van der Waals surface area contributed by atoms with Gasteiger partial charge in [0.25, 0.3) is 0 Å². The van der Waals surface area contributed by atoms with E-state index in [1.165, 1.54) is 0 Å². The molecule has 1 saturated heterocycles. The van der Waals surface area contributed by atoms with Crippen LogP contribution in [0.25, 0.3) is 0 Å². The molecular weight excluding hydrogens is 289 g/mol. The highest BCUT2D eigenvalue weighted by Gasteiger charge is 2.25. The molecule has 0 aromatic carbocycles. The monoisotopic (exact) mass is 312 g/mol. The summed E-state index contributed by atoms with van der Waals surface area (Å²) in [5, 5.41) is 12.7. The molecule has 9 heteroatoms. The lowest BCUT2D eigenvalue weighted by atomic mass is 10.2. The molecule has 0 spiro atoms. The molecule has 0 aliphatic carbocycles. The SMILES string of the molecule is O=[N+]([O-])CCN1CCN(CCCCNCC(F)(F)F)CC1. The fraction of sp³-hybridized carbons (Fsp3) is 1.00. The predicted octanol–water partition coefficient (Wildman–Crippen LogP) is 0.813. The number of piperazine rings is 1. The van der Waals surface area contributed by atoms with Gasteiger partial charge in [-0.3, -0.25) is 15.0 Å². The fourth-order valence-corrected chi connectivity index (χ4v) is 2.28. The fourth-order valence-electron chi connectivity index (χ4n) is 2.28. The minimum absolute atomic E-state index is 0.0229. The molecule has 1 aliphatic heterocycles. The van der Waals surface area contributed by atoms with Crippen molar-refractivity contribution in [2.24, 2.45) is 0 Å². The van der Waals surface area contributed by atoms with Crippen LogP contribution in [0.3, 0.4) is 0 Å². The lowest BCUT2D eigenvalue weighted by molar-refractivity contribution is -0.480. The first-order valence-corrected chi connectivity index (χ1v) is 7.21. The second kappa shape index (κ2) is 9.16. The Bertz CT molecular complexity index is 307. The lowest BCUT2D eigenvalue weighted by Crippen LogP contribution is -2.47. The zero-order valence-corrected chi connectivity index (χ0v) is 12.1. The van der Waals surface area contributed by atoms with Crippen LogP contribution in [0.15, 0.2) is 0 Å². The van der Waals surface area contributed by atoms with Crippen molar-refractivity contribution in [3.8, 4) is 0 Å². The van der Waals surface area contributed by atoms with Gasteiger partial charge in [0.15, 0.2) is 0 Å². The van der Waals surface area contributed by atoms with Gasteiger partial charge in [0.05, 0.1) is 13.1 Å². The quantitative estimate of drug-likeness (QED) is 0.388. The summed E-state index contributed by atoms with van der Waals surface area (Å²) in [5.74, 6) is 0. The van der Waals surface area contributed by atoms with E-state index in [-0.39, 0.29) is 11.5 Å². The van der Waals surface area contributed by atoms with E-state index in [1.54, 1.807) is 0 Å². The Morgan fingerprint density at radius 1 is 1.05 bits per heavy atom. The molecule has 21 heavy (non-hydrogen) atoms. The van der Waals surface area contributed by atoms with Crippen LogP contribution in [0.5, 0.6) is 0 Å². The molecule has 1 aliphatic rings. The first-order chi connectivity index (χ1) is 9.87. The van der Waals surface area contributed by atoms with Gasteiger partial charge in [0.2, 0.25) is 6.54 Å². The van der Waals surface area contributed by atoms with Crippen LogP contribution in [0.1, 0.15) is 12.8 Å². The molecule has 6 nitrogen and oxygen atoms in total. The first kappa shape index (κ1) is 18.1. The van der Waals surface area contributed by atoms with E-state index in [4.69, 9.17) is 0 Å². The summed E-state index contributed by atoms with van der Waals surface area (Å²) in [6.45, 7) is 4.16. The summed E-state index contributed by atoms with van der Waals surface area (Å²) in [7, 11) is 0. The molecule has 0 aromatic rings. The van der Waals surface area contributed by atoms with Gasteiger partial charge < -0.3 is 10.2 Å². The van der Waals surface area contributed by atoms with Gasteiger partial charge >= 0.3 is 6.18 Å². The minimum Gasteiger partial charge on any atom is -0.309 e. The molecule has 0 unspecified atom stereocenters. The van der Waals surface area contributed by atoms with Crippen molar-refractivity contribution >= 4 is 0 Å². The number of alkyl halides is 3. The standard InChI is InChI=1S/C12H23F3N4O2/c13-12(14,15)11-16-3-1-2-4-17-5-7-18(8-6-17)9-10-19(20)21/h16H,1-11H2. The third-order valence-electron chi connectivity index (χ3n) is 3.47. The highest BCUT2D eigenvalue weighted by atomic mass is 19.4. The Labute approximate surface area is 122 Å². The molecule has 1 N–H and O–H groups in total. The summed E-state index contributed by atoms with van der Waals surface area (Å²) in [4.78, 5) is 14.3. The van der Waals surface area contributed by atoms with Gasteiger partial charge in [-0.15, -0.1) is 0 Å². The number of hydrogen-bond donors (Lipinski definition) is 1. The average molecular weight is 312 g/mol. The van der Waals surface area contributed by atoms with Gasteiger partial charge in [-0.2, -0.15) is 13.2 Å². The lowest BCUT2D eigenvalue weighted by Gasteiger charge is -2.33. The Hall–Kier alpha value is -0.930. The van der Waals surface area contributed by atoms with Crippen molar-refractivity contribution in [3.05, 3.63) is 10.1 Å². The summed E-state index contributed by atoms with van der Waals surface area (Å²) in [5.41, 5.74) is 0. The number of nitrogens with one attached hydrogen (secondary N) is 1. The van der Waals surface area contributed by atoms with Crippen LogP contribution in [0, 0.1) is 10.1 Å². The average Bonchev–Trinajstić information content (AvgIpc) is 2.40. The smallest absolute Gasteiger partial charge is 0.309 e. The first-order valence-electron chi connectivity index (χ1n) is 7.21. The Kier molecular flexibility index (Phi) is 7.91. The van der Waals surface area contributed by atoms with Crippen molar-refractivity contribution in [1.82, 2.24) is 15.1 Å². The van der Waals surface area contributed by atoms with Crippen LogP contribution >= 0.6 is 0 Å². The zero-order chi connectivity index (χ0) is 15.7. The van der Waals surface area contributed by atoms with Crippen LogP contribution in [0.4, 0.5) is 13.2 Å². The number of halogens is 3. The van der Waals surface area contributed by atoms with Crippen molar-refractivity contribution in [3.63, 3.8) is 0 Å². The van der Waals surface area contributed by atoms with E-state index in [2.05, 4.69) is 15.1 Å². The van der Waals surface area contributed by atoms with Crippen molar-refractivity contribution in [2.45, 2.75) is 19.0 Å². The molecule has 1 heterocycles. The number of rotatable bonds is 9. The summed E-state index contributed by atoms with van der Waals surface area (Å²) >= 11 is 0. The summed E-state index contributed by atoms with van der Waals surface area (Å²) in [6.07, 6.45) is -2.56. The highest BCUT2D eigenvalue weighted by molar-refractivity contribution is 4.71. The number of unbranched alkanes of at least 4 members (excludes halogenated alkanes) is 1. The Morgan fingerprint density at radius 2 is 1.62 bits per heavy atom. The number of hydrogen-bond acceptors (Lipinski definition) is 5. The van der Waals surface area contributed by atoms with Gasteiger partial charge in [0, 0.05) is 31.1 Å². The van der Waals surface area contributed by atoms with E-state index in [0.717, 1.165) is 45.6 Å². The second-order valence-electron chi connectivity index (χ2n) is 5.24. The Balaban J connectivity index is 1.97. The van der Waals surface area contributed by atoms with Gasteiger partial charge in [-0.1, -0.05) is 0 Å². The highest BCUT2D eigenvalue weighted by Crippen LogP contribution is 2.12. The van der Waals surface area contributed by atoms with Gasteiger partial charge in [-0.05, 0) is 25.9 Å². The molecular formula is C12H23F3N4O2. The topological polar surface area (TPSA) is 61.7 Å². The second-order valence-corrected chi connectivity index (χ2v) is 5.24. The summed E-state index contributed by atoms with van der Waals surface area (Å²) < 4.78 is 35.7.